The molecule has 5 nitrogen and oxygen atoms in total. The number of hydrogen-bond acceptors (Lipinski definition) is 4. The summed E-state index contributed by atoms with van der Waals surface area (Å²) in [6.07, 6.45) is 5.75. The van der Waals surface area contributed by atoms with Gasteiger partial charge in [0.05, 0.1) is 11.1 Å². The largest absolute Gasteiger partial charge is 0.434 e. The monoisotopic (exact) mass is 426 g/mol. The molecule has 134 valence electrons. The Kier molecular flexibility index (Phi) is 5.92. The highest BCUT2D eigenvalue weighted by Gasteiger charge is 2.35. The van der Waals surface area contributed by atoms with Gasteiger partial charge in [-0.25, -0.2) is 25.0 Å². The third-order valence-corrected chi connectivity index (χ3v) is 4.76. The first kappa shape index (κ1) is 19.2. The lowest BCUT2D eigenvalue weighted by atomic mass is 10.5. The first-order valence-corrected chi connectivity index (χ1v) is 10.7. The van der Waals surface area contributed by atoms with Crippen molar-refractivity contribution in [3.05, 3.63) is 28.8 Å². The zero-order valence-electron chi connectivity index (χ0n) is 13.5. The first-order chi connectivity index (χ1) is 11.1. The molecule has 0 fully saturated rings. The zero-order chi connectivity index (χ0) is 18.0. The van der Waals surface area contributed by atoms with Gasteiger partial charge in [-0.3, -0.25) is 0 Å². The molecule has 2 rings (SSSR count). The van der Waals surface area contributed by atoms with Crippen LogP contribution >= 0.6 is 26.0 Å². The highest BCUT2D eigenvalue weighted by atomic mass is 79.9. The van der Waals surface area contributed by atoms with E-state index in [0.29, 0.717) is 11.1 Å². The van der Waals surface area contributed by atoms with Gasteiger partial charge in [0.2, 0.25) is 0 Å². The number of halogens is 4. The maximum absolute atomic E-state index is 12.9. The lowest BCUT2D eigenvalue weighted by Gasteiger charge is -2.24. The standard InChI is InChI=1S/C14H18BrF3N4OS/c1-24(2,3)5-4-23-9-22-8-11(14(16,17)18)21-13(22)12-19-6-10(15)7-20-12/h6-8H,4-5,9H2,1-3H3. The van der Waals surface area contributed by atoms with Gasteiger partial charge in [-0.05, 0) is 34.7 Å². The van der Waals surface area contributed by atoms with Gasteiger partial charge in [0.15, 0.2) is 17.3 Å². The van der Waals surface area contributed by atoms with Crippen molar-refractivity contribution >= 4 is 26.0 Å². The Morgan fingerprint density at radius 2 is 1.83 bits per heavy atom. The van der Waals surface area contributed by atoms with E-state index in [0.717, 1.165) is 11.9 Å². The average Bonchev–Trinajstić information content (AvgIpc) is 2.88. The van der Waals surface area contributed by atoms with E-state index in [-0.39, 0.29) is 18.4 Å². The molecule has 2 aromatic rings. The molecule has 0 aliphatic heterocycles. The summed E-state index contributed by atoms with van der Waals surface area (Å²) in [5.74, 6) is 1.01. The second kappa shape index (κ2) is 7.40. The summed E-state index contributed by atoms with van der Waals surface area (Å²) >= 11 is 3.19. The van der Waals surface area contributed by atoms with Crippen LogP contribution in [0.4, 0.5) is 13.2 Å². The van der Waals surface area contributed by atoms with Gasteiger partial charge in [0, 0.05) is 24.3 Å². The van der Waals surface area contributed by atoms with Crippen molar-refractivity contribution in [1.29, 1.82) is 0 Å². The summed E-state index contributed by atoms with van der Waals surface area (Å²) in [4.78, 5) is 11.7. The third kappa shape index (κ3) is 5.45. The van der Waals surface area contributed by atoms with Crippen molar-refractivity contribution in [3.63, 3.8) is 0 Å². The number of nitrogens with zero attached hydrogens (tertiary/aromatic N) is 4. The van der Waals surface area contributed by atoms with Gasteiger partial charge < -0.3 is 9.30 Å². The van der Waals surface area contributed by atoms with Crippen LogP contribution < -0.4 is 0 Å². The van der Waals surface area contributed by atoms with E-state index in [2.05, 4.69) is 49.6 Å². The summed E-state index contributed by atoms with van der Waals surface area (Å²) in [5, 5.41) is 0. The van der Waals surface area contributed by atoms with Crippen LogP contribution in [-0.4, -0.2) is 50.6 Å². The summed E-state index contributed by atoms with van der Waals surface area (Å²) in [7, 11) is -0.723. The Morgan fingerprint density at radius 3 is 2.38 bits per heavy atom. The predicted octanol–water partition coefficient (Wildman–Crippen LogP) is 3.79. The number of aromatic nitrogens is 4. The van der Waals surface area contributed by atoms with Crippen LogP contribution in [0.1, 0.15) is 5.69 Å². The van der Waals surface area contributed by atoms with Crippen molar-refractivity contribution < 1.29 is 17.9 Å². The second-order valence-electron chi connectivity index (χ2n) is 5.97. The van der Waals surface area contributed by atoms with Crippen LogP contribution in [0.3, 0.4) is 0 Å². The summed E-state index contributed by atoms with van der Waals surface area (Å²) in [6, 6.07) is 0. The molecule has 0 spiro atoms. The molecular weight excluding hydrogens is 409 g/mol. The van der Waals surface area contributed by atoms with Gasteiger partial charge in [-0.15, -0.1) is 0 Å². The maximum Gasteiger partial charge on any atom is 0.434 e. The molecule has 0 atom stereocenters. The highest BCUT2D eigenvalue weighted by Crippen LogP contribution is 2.34. The van der Waals surface area contributed by atoms with Crippen LogP contribution in [-0.2, 0) is 17.6 Å². The predicted molar refractivity (Wildman–Crippen MR) is 92.1 cm³/mol. The van der Waals surface area contributed by atoms with Gasteiger partial charge in [-0.2, -0.15) is 13.2 Å². The number of alkyl halides is 3. The fraction of sp³-hybridized carbons (Fsp3) is 0.500. The van der Waals surface area contributed by atoms with E-state index in [9.17, 15) is 13.2 Å². The van der Waals surface area contributed by atoms with Crippen molar-refractivity contribution in [2.75, 3.05) is 31.1 Å². The van der Waals surface area contributed by atoms with Gasteiger partial charge >= 0.3 is 6.18 Å². The smallest absolute Gasteiger partial charge is 0.360 e. The molecule has 0 radical (unpaired) electrons. The van der Waals surface area contributed by atoms with E-state index in [1.54, 1.807) is 0 Å². The minimum absolute atomic E-state index is 0.0259. The zero-order valence-corrected chi connectivity index (χ0v) is 15.9. The van der Waals surface area contributed by atoms with Gasteiger partial charge in [0.25, 0.3) is 0 Å². The minimum Gasteiger partial charge on any atom is -0.360 e. The van der Waals surface area contributed by atoms with Crippen LogP contribution in [0.15, 0.2) is 23.1 Å². The fourth-order valence-electron chi connectivity index (χ4n) is 1.73. The number of hydrogen-bond donors (Lipinski definition) is 0. The van der Waals surface area contributed by atoms with Crippen molar-refractivity contribution in [1.82, 2.24) is 19.5 Å². The quantitative estimate of drug-likeness (QED) is 0.659. The molecular formula is C14H18BrF3N4OS. The highest BCUT2D eigenvalue weighted by molar-refractivity contribution is 9.10. The number of ether oxygens (including phenoxy) is 1. The molecule has 24 heavy (non-hydrogen) atoms. The Morgan fingerprint density at radius 1 is 1.21 bits per heavy atom. The number of imidazole rings is 1. The van der Waals surface area contributed by atoms with E-state index in [1.165, 1.54) is 17.0 Å². The average molecular weight is 427 g/mol. The summed E-state index contributed by atoms with van der Waals surface area (Å²) in [5.41, 5.74) is -0.992. The second-order valence-corrected chi connectivity index (χ2v) is 11.5. The lowest BCUT2D eigenvalue weighted by Crippen LogP contribution is -2.11. The van der Waals surface area contributed by atoms with Crippen molar-refractivity contribution in [2.24, 2.45) is 0 Å². The molecule has 0 aliphatic rings. The molecule has 0 unspecified atom stereocenters. The van der Waals surface area contributed by atoms with Crippen molar-refractivity contribution in [2.45, 2.75) is 12.9 Å². The molecule has 0 aliphatic carbocycles. The molecule has 0 aromatic carbocycles. The van der Waals surface area contributed by atoms with Crippen molar-refractivity contribution in [3.8, 4) is 11.6 Å². The van der Waals surface area contributed by atoms with Gasteiger partial charge in [0.1, 0.15) is 6.73 Å². The van der Waals surface area contributed by atoms with E-state index in [4.69, 9.17) is 4.74 Å². The molecule has 0 amide bonds. The van der Waals surface area contributed by atoms with Crippen LogP contribution in [0, 0.1) is 0 Å². The van der Waals surface area contributed by atoms with Gasteiger partial charge in [-0.1, -0.05) is 0 Å². The first-order valence-electron chi connectivity index (χ1n) is 6.92. The fourth-order valence-corrected chi connectivity index (χ4v) is 2.55. The molecule has 0 saturated heterocycles. The van der Waals surface area contributed by atoms with Crippen LogP contribution in [0.5, 0.6) is 0 Å². The Hall–Kier alpha value is -1.13. The topological polar surface area (TPSA) is 52.8 Å². The van der Waals surface area contributed by atoms with Crippen LogP contribution in [0.2, 0.25) is 0 Å². The Bertz CT molecular complexity index is 683. The SMILES string of the molecule is CS(C)(C)CCOCn1cc(C(F)(F)F)nc1-c1ncc(Br)cn1. The van der Waals surface area contributed by atoms with E-state index in [1.807, 2.05) is 0 Å². The normalized spacial score (nSPS) is 13.3. The minimum atomic E-state index is -4.54. The molecule has 0 bridgehead atoms. The molecule has 2 aromatic heterocycles. The molecule has 0 N–H and O–H groups in total. The van der Waals surface area contributed by atoms with Crippen LogP contribution in [0.25, 0.3) is 11.6 Å². The maximum atomic E-state index is 12.9. The Labute approximate surface area is 148 Å². The molecule has 10 heteroatoms. The van der Waals surface area contributed by atoms with E-state index < -0.39 is 21.9 Å². The lowest BCUT2D eigenvalue weighted by molar-refractivity contribution is -0.141. The molecule has 0 saturated carbocycles. The number of rotatable bonds is 6. The Balaban J connectivity index is 2.21. The van der Waals surface area contributed by atoms with E-state index >= 15 is 0 Å². The third-order valence-electron chi connectivity index (χ3n) is 2.96. The molecule has 2 heterocycles. The summed E-state index contributed by atoms with van der Waals surface area (Å²) in [6.45, 7) is 0.437. The summed E-state index contributed by atoms with van der Waals surface area (Å²) < 4.78 is 46.3.